The van der Waals surface area contributed by atoms with Crippen molar-refractivity contribution in [1.82, 2.24) is 0 Å². The van der Waals surface area contributed by atoms with Crippen LogP contribution >= 0.6 is 11.6 Å². The lowest BCUT2D eigenvalue weighted by molar-refractivity contribution is -0.142. The molecule has 0 atom stereocenters. The molecule has 4 nitrogen and oxygen atoms in total. The highest BCUT2D eigenvalue weighted by Gasteiger charge is 2.29. The Morgan fingerprint density at radius 2 is 2.08 bits per heavy atom. The standard InChI is InChI=1S/C8H13ClO4/c1-2-7(12)13-6-8(3-9,4-10)5-11/h2,10-11H,1,3-6H2. The van der Waals surface area contributed by atoms with E-state index in [0.717, 1.165) is 6.08 Å². The predicted molar refractivity (Wildman–Crippen MR) is 48.5 cm³/mol. The van der Waals surface area contributed by atoms with Crippen molar-refractivity contribution in [2.75, 3.05) is 25.7 Å². The fraction of sp³-hybridized carbons (Fsp3) is 0.625. The smallest absolute Gasteiger partial charge is 0.330 e. The largest absolute Gasteiger partial charge is 0.462 e. The first-order chi connectivity index (χ1) is 6.14. The van der Waals surface area contributed by atoms with Crippen LogP contribution < -0.4 is 0 Å². The van der Waals surface area contributed by atoms with Crippen LogP contribution in [0.2, 0.25) is 0 Å². The molecular formula is C8H13ClO4. The van der Waals surface area contributed by atoms with E-state index in [9.17, 15) is 4.79 Å². The van der Waals surface area contributed by atoms with Gasteiger partial charge in [-0.05, 0) is 0 Å². The van der Waals surface area contributed by atoms with Crippen LogP contribution in [-0.2, 0) is 9.53 Å². The van der Waals surface area contributed by atoms with Gasteiger partial charge in [0, 0.05) is 12.0 Å². The molecular weight excluding hydrogens is 196 g/mol. The quantitative estimate of drug-likeness (QED) is 0.364. The molecule has 5 heteroatoms. The highest BCUT2D eigenvalue weighted by atomic mass is 35.5. The molecule has 0 rings (SSSR count). The average molecular weight is 209 g/mol. The van der Waals surface area contributed by atoms with E-state index in [1.807, 2.05) is 0 Å². The van der Waals surface area contributed by atoms with Crippen molar-refractivity contribution in [3.63, 3.8) is 0 Å². The summed E-state index contributed by atoms with van der Waals surface area (Å²) in [5, 5.41) is 17.8. The maximum Gasteiger partial charge on any atom is 0.330 e. The molecule has 0 amide bonds. The molecule has 0 fully saturated rings. The normalized spacial score (nSPS) is 11.0. The number of carbonyl (C=O) groups excluding carboxylic acids is 1. The Bertz CT molecular complexity index is 169. The van der Waals surface area contributed by atoms with Crippen molar-refractivity contribution in [2.45, 2.75) is 0 Å². The van der Waals surface area contributed by atoms with Crippen molar-refractivity contribution in [1.29, 1.82) is 0 Å². The summed E-state index contributed by atoms with van der Waals surface area (Å²) >= 11 is 5.51. The third-order valence-electron chi connectivity index (χ3n) is 1.64. The van der Waals surface area contributed by atoms with E-state index in [4.69, 9.17) is 21.8 Å². The number of esters is 1. The van der Waals surface area contributed by atoms with Crippen LogP contribution in [0.5, 0.6) is 0 Å². The van der Waals surface area contributed by atoms with Crippen molar-refractivity contribution >= 4 is 17.6 Å². The van der Waals surface area contributed by atoms with E-state index in [2.05, 4.69) is 11.3 Å². The molecule has 0 saturated carbocycles. The third kappa shape index (κ3) is 3.76. The molecule has 2 N–H and O–H groups in total. The van der Waals surface area contributed by atoms with Gasteiger partial charge in [-0.3, -0.25) is 0 Å². The fourth-order valence-electron chi connectivity index (χ4n) is 0.548. The maximum atomic E-state index is 10.7. The predicted octanol–water partition coefficient (Wildman–Crippen LogP) is -0.0746. The SMILES string of the molecule is C=CC(=O)OCC(CO)(CO)CCl. The topological polar surface area (TPSA) is 66.8 Å². The van der Waals surface area contributed by atoms with Crippen LogP contribution in [0.25, 0.3) is 0 Å². The highest BCUT2D eigenvalue weighted by Crippen LogP contribution is 2.18. The Hall–Kier alpha value is -0.580. The van der Waals surface area contributed by atoms with Crippen molar-refractivity contribution in [3.8, 4) is 0 Å². The summed E-state index contributed by atoms with van der Waals surface area (Å²) in [6, 6.07) is 0. The highest BCUT2D eigenvalue weighted by molar-refractivity contribution is 6.18. The molecule has 0 spiro atoms. The van der Waals surface area contributed by atoms with Gasteiger partial charge >= 0.3 is 5.97 Å². The van der Waals surface area contributed by atoms with E-state index in [1.54, 1.807) is 0 Å². The number of ether oxygens (including phenoxy) is 1. The number of aliphatic hydroxyl groups excluding tert-OH is 2. The maximum absolute atomic E-state index is 10.7. The molecule has 13 heavy (non-hydrogen) atoms. The minimum Gasteiger partial charge on any atom is -0.462 e. The molecule has 0 aliphatic heterocycles. The van der Waals surface area contributed by atoms with E-state index in [-0.39, 0.29) is 25.7 Å². The number of aliphatic hydroxyl groups is 2. The number of halogens is 1. The number of hydrogen-bond acceptors (Lipinski definition) is 4. The summed E-state index contributed by atoms with van der Waals surface area (Å²) in [7, 11) is 0. The van der Waals surface area contributed by atoms with Gasteiger partial charge in [-0.15, -0.1) is 11.6 Å². The molecule has 0 aromatic carbocycles. The van der Waals surface area contributed by atoms with Gasteiger partial charge in [0.05, 0.1) is 18.6 Å². The Morgan fingerprint density at radius 1 is 1.54 bits per heavy atom. The van der Waals surface area contributed by atoms with Gasteiger partial charge in [0.2, 0.25) is 0 Å². The lowest BCUT2D eigenvalue weighted by atomic mass is 9.94. The zero-order valence-corrected chi connectivity index (χ0v) is 7.96. The zero-order chi connectivity index (χ0) is 10.3. The molecule has 0 heterocycles. The molecule has 0 aromatic heterocycles. The van der Waals surface area contributed by atoms with Gasteiger partial charge in [0.15, 0.2) is 0 Å². The van der Waals surface area contributed by atoms with Gasteiger partial charge in [-0.25, -0.2) is 4.79 Å². The molecule has 0 aliphatic carbocycles. The van der Waals surface area contributed by atoms with Gasteiger partial charge in [-0.2, -0.15) is 0 Å². The number of rotatable bonds is 6. The zero-order valence-electron chi connectivity index (χ0n) is 7.20. The first-order valence-electron chi connectivity index (χ1n) is 3.71. The fourth-order valence-corrected chi connectivity index (χ4v) is 0.794. The molecule has 0 bridgehead atoms. The minimum absolute atomic E-state index is 0.0183. The van der Waals surface area contributed by atoms with Crippen molar-refractivity contribution in [3.05, 3.63) is 12.7 Å². The van der Waals surface area contributed by atoms with E-state index >= 15 is 0 Å². The number of alkyl halides is 1. The summed E-state index contributed by atoms with van der Waals surface area (Å²) in [5.41, 5.74) is -0.958. The van der Waals surface area contributed by atoms with Gasteiger partial charge in [-0.1, -0.05) is 6.58 Å². The van der Waals surface area contributed by atoms with E-state index < -0.39 is 11.4 Å². The lowest BCUT2D eigenvalue weighted by Gasteiger charge is -2.25. The van der Waals surface area contributed by atoms with E-state index in [0.29, 0.717) is 0 Å². The molecule has 0 radical (unpaired) electrons. The van der Waals surface area contributed by atoms with Crippen LogP contribution in [0.4, 0.5) is 0 Å². The van der Waals surface area contributed by atoms with Gasteiger partial charge in [0.1, 0.15) is 6.61 Å². The van der Waals surface area contributed by atoms with Crippen LogP contribution in [0.3, 0.4) is 0 Å². The summed E-state index contributed by atoms with van der Waals surface area (Å²) in [6.45, 7) is 2.42. The third-order valence-corrected chi connectivity index (χ3v) is 2.21. The lowest BCUT2D eigenvalue weighted by Crippen LogP contribution is -2.37. The second kappa shape index (κ2) is 5.96. The van der Waals surface area contributed by atoms with E-state index in [1.165, 1.54) is 0 Å². The van der Waals surface area contributed by atoms with Gasteiger partial charge in [0.25, 0.3) is 0 Å². The van der Waals surface area contributed by atoms with Crippen molar-refractivity contribution in [2.24, 2.45) is 5.41 Å². The van der Waals surface area contributed by atoms with Crippen LogP contribution in [-0.4, -0.2) is 41.9 Å². The Morgan fingerprint density at radius 3 is 2.38 bits per heavy atom. The molecule has 0 unspecified atom stereocenters. The summed E-state index contributed by atoms with van der Waals surface area (Å²) in [5.74, 6) is -0.582. The summed E-state index contributed by atoms with van der Waals surface area (Å²) in [4.78, 5) is 10.7. The molecule has 76 valence electrons. The first kappa shape index (κ1) is 12.4. The van der Waals surface area contributed by atoms with Crippen LogP contribution in [0.15, 0.2) is 12.7 Å². The monoisotopic (exact) mass is 208 g/mol. The average Bonchev–Trinajstić information content (AvgIpc) is 2.20. The van der Waals surface area contributed by atoms with Gasteiger partial charge < -0.3 is 14.9 Å². The Balaban J connectivity index is 4.09. The minimum atomic E-state index is -0.958. The second-order valence-electron chi connectivity index (χ2n) is 2.76. The number of carbonyl (C=O) groups is 1. The summed E-state index contributed by atoms with van der Waals surface area (Å²) in [6.07, 6.45) is 1.01. The Kier molecular flexibility index (Phi) is 5.70. The second-order valence-corrected chi connectivity index (χ2v) is 3.03. The Labute approximate surface area is 81.8 Å². The van der Waals surface area contributed by atoms with Crippen LogP contribution in [0.1, 0.15) is 0 Å². The van der Waals surface area contributed by atoms with Crippen molar-refractivity contribution < 1.29 is 19.7 Å². The first-order valence-corrected chi connectivity index (χ1v) is 4.24. The molecule has 0 aliphatic rings. The number of hydrogen-bond donors (Lipinski definition) is 2. The summed E-state index contributed by atoms with van der Waals surface area (Å²) < 4.78 is 4.67. The van der Waals surface area contributed by atoms with Crippen LogP contribution in [0, 0.1) is 5.41 Å². The molecule has 0 aromatic rings. The molecule has 0 saturated heterocycles.